The molecule has 13 heavy (non-hydrogen) atoms. The van der Waals surface area contributed by atoms with Gasteiger partial charge in [-0.25, -0.2) is 4.79 Å². The Kier molecular flexibility index (Phi) is 6.99. The van der Waals surface area contributed by atoms with Gasteiger partial charge in [-0.2, -0.15) is 4.91 Å². The highest BCUT2D eigenvalue weighted by molar-refractivity contribution is 7.78. The van der Waals surface area contributed by atoms with E-state index in [0.29, 0.717) is 0 Å². The maximum absolute atomic E-state index is 9.60. The molecule has 0 saturated carbocycles. The average Bonchev–Trinajstić information content (AvgIpc) is 2.13. The summed E-state index contributed by atoms with van der Waals surface area (Å²) in [5.41, 5.74) is 10.4. The SMILES string of the molecule is [N-]=[N+]=NN(CCNN=C=O)N=C=S. The largest absolute Gasteiger partial charge is 0.295 e. The normalized spacial score (nSPS) is 7.08. The first-order valence-electron chi connectivity index (χ1n) is 3.05. The van der Waals surface area contributed by atoms with E-state index < -0.39 is 0 Å². The zero-order chi connectivity index (χ0) is 9.94. The van der Waals surface area contributed by atoms with E-state index in [4.69, 9.17) is 5.53 Å². The van der Waals surface area contributed by atoms with Gasteiger partial charge in [-0.1, -0.05) is 5.10 Å². The van der Waals surface area contributed by atoms with Crippen molar-refractivity contribution < 1.29 is 4.79 Å². The van der Waals surface area contributed by atoms with E-state index >= 15 is 0 Å². The Morgan fingerprint density at radius 2 is 2.46 bits per heavy atom. The van der Waals surface area contributed by atoms with E-state index in [0.717, 1.165) is 5.12 Å². The first-order chi connectivity index (χ1) is 6.35. The van der Waals surface area contributed by atoms with Crippen LogP contribution in [0, 0.1) is 0 Å². The highest BCUT2D eigenvalue weighted by Crippen LogP contribution is 1.88. The number of nitrogens with one attached hydrogen (secondary N) is 1. The third kappa shape index (κ3) is 6.49. The van der Waals surface area contributed by atoms with Gasteiger partial charge < -0.3 is 0 Å². The molecule has 68 valence electrons. The van der Waals surface area contributed by atoms with Gasteiger partial charge in [-0.15, -0.1) is 10.6 Å². The van der Waals surface area contributed by atoms with Crippen LogP contribution in [0.2, 0.25) is 0 Å². The van der Waals surface area contributed by atoms with Crippen molar-refractivity contribution in [2.24, 2.45) is 15.4 Å². The molecule has 0 rings (SSSR count). The van der Waals surface area contributed by atoms with Crippen LogP contribution in [0.15, 0.2) is 15.4 Å². The number of isothiocyanates is 1. The second-order valence-electron chi connectivity index (χ2n) is 1.58. The Balaban J connectivity index is 3.88. The molecule has 9 heteroatoms. The smallest absolute Gasteiger partial charge is 0.258 e. The zero-order valence-corrected chi connectivity index (χ0v) is 7.23. The van der Waals surface area contributed by atoms with Gasteiger partial charge >= 0.3 is 0 Å². The number of hydrazone groups is 2. The lowest BCUT2D eigenvalue weighted by Gasteiger charge is -2.02. The first kappa shape index (κ1) is 11.1. The molecule has 0 spiro atoms. The van der Waals surface area contributed by atoms with Gasteiger partial charge in [-0.05, 0) is 17.3 Å². The highest BCUT2D eigenvalue weighted by atomic mass is 32.1. The molecule has 0 atom stereocenters. The monoisotopic (exact) mass is 199 g/mol. The van der Waals surface area contributed by atoms with E-state index in [1.165, 1.54) is 6.08 Å². The Labute approximate surface area is 78.5 Å². The predicted octanol–water partition coefficient (Wildman–Crippen LogP) is 0.372. The molecule has 0 amide bonds. The van der Waals surface area contributed by atoms with Crippen LogP contribution in [0.25, 0.3) is 10.4 Å². The number of carbonyl (C=O) groups excluding carboxylic acids is 1. The fourth-order valence-electron chi connectivity index (χ4n) is 0.446. The van der Waals surface area contributed by atoms with Gasteiger partial charge in [-0.3, -0.25) is 5.43 Å². The topological polar surface area (TPSA) is 106 Å². The minimum Gasteiger partial charge on any atom is -0.295 e. The van der Waals surface area contributed by atoms with Gasteiger partial charge in [0.25, 0.3) is 6.08 Å². The molecule has 0 aliphatic carbocycles. The fraction of sp³-hybridized carbons (Fsp3) is 0.500. The number of hydrogen-bond donors (Lipinski definition) is 1. The summed E-state index contributed by atoms with van der Waals surface area (Å²) in [5, 5.41) is 12.6. The summed E-state index contributed by atoms with van der Waals surface area (Å²) in [7, 11) is 0. The van der Waals surface area contributed by atoms with Gasteiger partial charge in [0, 0.05) is 5.22 Å². The van der Waals surface area contributed by atoms with Gasteiger partial charge in [0.05, 0.1) is 6.54 Å². The van der Waals surface area contributed by atoms with Gasteiger partial charge in [0.1, 0.15) is 11.7 Å². The van der Waals surface area contributed by atoms with Crippen molar-refractivity contribution in [3.63, 3.8) is 0 Å². The molecule has 0 aromatic carbocycles. The summed E-state index contributed by atoms with van der Waals surface area (Å²) in [6.07, 6.45) is 1.28. The molecule has 0 aliphatic rings. The third-order valence-electron chi connectivity index (χ3n) is 0.848. The second kappa shape index (κ2) is 8.19. The molecular weight excluding hydrogens is 194 g/mol. The summed E-state index contributed by atoms with van der Waals surface area (Å²) in [6.45, 7) is 0.494. The molecule has 0 fully saturated rings. The summed E-state index contributed by atoms with van der Waals surface area (Å²) in [6, 6.07) is 0. The maximum atomic E-state index is 9.60. The van der Waals surface area contributed by atoms with Gasteiger partial charge in [0.2, 0.25) is 0 Å². The fourth-order valence-corrected chi connectivity index (χ4v) is 0.540. The number of hydrogen-bond acceptors (Lipinski definition) is 6. The van der Waals surface area contributed by atoms with E-state index in [2.05, 4.69) is 38.0 Å². The number of azide groups is 1. The molecule has 0 heterocycles. The van der Waals surface area contributed by atoms with Crippen molar-refractivity contribution in [2.45, 2.75) is 0 Å². The highest BCUT2D eigenvalue weighted by Gasteiger charge is 1.99. The molecule has 0 radical (unpaired) electrons. The van der Waals surface area contributed by atoms with E-state index in [9.17, 15) is 4.79 Å². The van der Waals surface area contributed by atoms with Crippen molar-refractivity contribution in [2.75, 3.05) is 13.1 Å². The minimum absolute atomic E-state index is 0.221. The molecule has 0 bridgehead atoms. The van der Waals surface area contributed by atoms with Crippen LogP contribution in [0.3, 0.4) is 0 Å². The summed E-state index contributed by atoms with van der Waals surface area (Å²) in [5.74, 6) is 0. The van der Waals surface area contributed by atoms with Crippen molar-refractivity contribution in [3.8, 4) is 0 Å². The molecule has 8 nitrogen and oxygen atoms in total. The molecule has 1 N–H and O–H groups in total. The van der Waals surface area contributed by atoms with Crippen LogP contribution in [0.4, 0.5) is 0 Å². The summed E-state index contributed by atoms with van der Waals surface area (Å²) >= 11 is 4.30. The average molecular weight is 199 g/mol. The molecule has 0 aromatic rings. The van der Waals surface area contributed by atoms with Crippen LogP contribution >= 0.6 is 12.2 Å². The summed E-state index contributed by atoms with van der Waals surface area (Å²) < 4.78 is 0. The second-order valence-corrected chi connectivity index (χ2v) is 1.76. The van der Waals surface area contributed by atoms with Crippen LogP contribution < -0.4 is 5.43 Å². The number of rotatable bonds is 6. The van der Waals surface area contributed by atoms with Crippen LogP contribution in [0.1, 0.15) is 0 Å². The van der Waals surface area contributed by atoms with Gasteiger partial charge in [0.15, 0.2) is 0 Å². The lowest BCUT2D eigenvalue weighted by atomic mass is 10.7. The van der Waals surface area contributed by atoms with Crippen molar-refractivity contribution in [3.05, 3.63) is 10.4 Å². The molecule has 0 aliphatic heterocycles. The first-order valence-corrected chi connectivity index (χ1v) is 3.46. The Morgan fingerprint density at radius 3 is 3.00 bits per heavy atom. The van der Waals surface area contributed by atoms with Crippen molar-refractivity contribution >= 4 is 23.5 Å². The third-order valence-corrected chi connectivity index (χ3v) is 0.929. The van der Waals surface area contributed by atoms with E-state index in [1.54, 1.807) is 0 Å². The number of isocyanates is 1. The van der Waals surface area contributed by atoms with E-state index in [1.807, 2.05) is 5.16 Å². The molecule has 0 unspecified atom stereocenters. The predicted molar refractivity (Wildman–Crippen MR) is 47.0 cm³/mol. The van der Waals surface area contributed by atoms with Crippen molar-refractivity contribution in [1.82, 2.24) is 10.5 Å². The molecule has 0 aromatic heterocycles. The maximum Gasteiger partial charge on any atom is 0.258 e. The van der Waals surface area contributed by atoms with E-state index in [-0.39, 0.29) is 13.1 Å². The lowest BCUT2D eigenvalue weighted by Crippen LogP contribution is -2.21. The van der Waals surface area contributed by atoms with Crippen LogP contribution in [0.5, 0.6) is 0 Å². The van der Waals surface area contributed by atoms with Crippen molar-refractivity contribution in [1.29, 1.82) is 0 Å². The Bertz CT molecular complexity index is 267. The molecule has 0 saturated heterocycles. The molecular formula is C4H5N7OS. The standard InChI is InChI=1S/C4H5N7OS/c5-9-10-11(8-4-13)2-1-6-7-3-12/h6H,1-2H2. The summed E-state index contributed by atoms with van der Waals surface area (Å²) in [4.78, 5) is 12.1. The number of nitrogens with zero attached hydrogens (tertiary/aromatic N) is 6. The Hall–Kier alpha value is -1.91. The Morgan fingerprint density at radius 1 is 1.69 bits per heavy atom. The van der Waals surface area contributed by atoms with Crippen LogP contribution in [-0.4, -0.2) is 29.4 Å². The number of thiocarbonyl (C=S) groups is 1. The minimum atomic E-state index is 0.221. The lowest BCUT2D eigenvalue weighted by molar-refractivity contribution is 0.300. The zero-order valence-electron chi connectivity index (χ0n) is 6.41. The van der Waals surface area contributed by atoms with Crippen LogP contribution in [-0.2, 0) is 4.79 Å². The quantitative estimate of drug-likeness (QED) is 0.0974.